The first-order valence-corrected chi connectivity index (χ1v) is 5.45. The van der Waals surface area contributed by atoms with E-state index >= 15 is 0 Å². The lowest BCUT2D eigenvalue weighted by molar-refractivity contribution is -0.118. The van der Waals surface area contributed by atoms with Crippen LogP contribution in [0.25, 0.3) is 0 Å². The maximum Gasteiger partial charge on any atom is 0.227 e. The quantitative estimate of drug-likeness (QED) is 0.702. The number of carbonyl (C=O) groups is 1. The lowest BCUT2D eigenvalue weighted by atomic mass is 10.1. The summed E-state index contributed by atoms with van der Waals surface area (Å²) in [5.41, 5.74) is 2.24. The zero-order valence-electron chi connectivity index (χ0n) is 9.23. The van der Waals surface area contributed by atoms with Crippen molar-refractivity contribution < 1.29 is 4.79 Å². The van der Waals surface area contributed by atoms with Crippen molar-refractivity contribution in [1.82, 2.24) is 4.98 Å². The van der Waals surface area contributed by atoms with Gasteiger partial charge in [-0.3, -0.25) is 9.78 Å². The van der Waals surface area contributed by atoms with E-state index in [9.17, 15) is 4.79 Å². The molecule has 0 aromatic carbocycles. The van der Waals surface area contributed by atoms with Crippen LogP contribution in [0.2, 0.25) is 0 Å². The highest BCUT2D eigenvalue weighted by Crippen LogP contribution is 2.27. The molecule has 80 valence electrons. The summed E-state index contributed by atoms with van der Waals surface area (Å²) in [5.74, 6) is 0.219. The van der Waals surface area contributed by atoms with Gasteiger partial charge in [-0.1, -0.05) is 0 Å². The fourth-order valence-electron chi connectivity index (χ4n) is 2.09. The molecule has 0 aliphatic carbocycles. The van der Waals surface area contributed by atoms with Crippen LogP contribution in [0.5, 0.6) is 0 Å². The van der Waals surface area contributed by atoms with E-state index in [1.807, 2.05) is 24.8 Å². The molecule has 0 fully saturated rings. The number of hydrogen-bond donors (Lipinski definition) is 0. The van der Waals surface area contributed by atoms with E-state index in [0.29, 0.717) is 6.42 Å². The number of pyridine rings is 1. The molecule has 0 N–H and O–H groups in total. The van der Waals surface area contributed by atoms with E-state index in [1.54, 1.807) is 12.4 Å². The van der Waals surface area contributed by atoms with Gasteiger partial charge in [0, 0.05) is 18.7 Å². The molecule has 0 radical (unpaired) electrons. The van der Waals surface area contributed by atoms with Gasteiger partial charge in [-0.15, -0.1) is 0 Å². The van der Waals surface area contributed by atoms with Crippen molar-refractivity contribution in [3.8, 4) is 0 Å². The Morgan fingerprint density at radius 2 is 2.20 bits per heavy atom. The van der Waals surface area contributed by atoms with Gasteiger partial charge in [0.05, 0.1) is 11.9 Å². The van der Waals surface area contributed by atoms with E-state index in [4.69, 9.17) is 0 Å². The first-order chi connectivity index (χ1) is 7.20. The first kappa shape index (κ1) is 10.1. The first-order valence-electron chi connectivity index (χ1n) is 5.45. The van der Waals surface area contributed by atoms with Crippen LogP contribution in [0, 0.1) is 0 Å². The average molecular weight is 204 g/mol. The van der Waals surface area contributed by atoms with Crippen molar-refractivity contribution in [1.29, 1.82) is 0 Å². The van der Waals surface area contributed by atoms with Crippen molar-refractivity contribution in [2.24, 2.45) is 0 Å². The summed E-state index contributed by atoms with van der Waals surface area (Å²) < 4.78 is 0. The molecule has 2 heterocycles. The third kappa shape index (κ3) is 1.87. The van der Waals surface area contributed by atoms with Crippen molar-refractivity contribution in [2.75, 3.05) is 4.90 Å². The number of carbonyl (C=O) groups excluding carboxylic acids is 1. The number of amides is 1. The Kier molecular flexibility index (Phi) is 2.71. The fourth-order valence-corrected chi connectivity index (χ4v) is 2.09. The molecular weight excluding hydrogens is 188 g/mol. The Bertz CT molecular complexity index is 374. The normalized spacial score (nSPS) is 16.5. The second-order valence-electron chi connectivity index (χ2n) is 4.22. The Morgan fingerprint density at radius 1 is 1.40 bits per heavy atom. The lowest BCUT2D eigenvalue weighted by Gasteiger charge is -2.26. The third-order valence-corrected chi connectivity index (χ3v) is 2.77. The van der Waals surface area contributed by atoms with Gasteiger partial charge >= 0.3 is 0 Å². The Morgan fingerprint density at radius 3 is 2.93 bits per heavy atom. The van der Waals surface area contributed by atoms with Gasteiger partial charge in [-0.25, -0.2) is 0 Å². The smallest absolute Gasteiger partial charge is 0.227 e. The van der Waals surface area contributed by atoms with Gasteiger partial charge in [0.15, 0.2) is 0 Å². The molecule has 1 aromatic heterocycles. The molecule has 0 unspecified atom stereocenters. The Labute approximate surface area is 90.1 Å². The SMILES string of the molecule is CC(C)N1C(=O)CCCc2ccncc21. The van der Waals surface area contributed by atoms with Gasteiger partial charge < -0.3 is 4.90 Å². The molecule has 0 atom stereocenters. The molecule has 15 heavy (non-hydrogen) atoms. The molecule has 1 amide bonds. The van der Waals surface area contributed by atoms with Crippen LogP contribution < -0.4 is 4.90 Å². The summed E-state index contributed by atoms with van der Waals surface area (Å²) in [6.07, 6.45) is 6.17. The van der Waals surface area contributed by atoms with Gasteiger partial charge in [0.2, 0.25) is 5.91 Å². The number of fused-ring (bicyclic) bond motifs is 1. The summed E-state index contributed by atoms with van der Waals surface area (Å²) in [5, 5.41) is 0. The highest BCUT2D eigenvalue weighted by Gasteiger charge is 2.24. The van der Waals surface area contributed by atoms with Crippen LogP contribution in [0.3, 0.4) is 0 Å². The van der Waals surface area contributed by atoms with E-state index in [2.05, 4.69) is 4.98 Å². The van der Waals surface area contributed by atoms with Crippen LogP contribution in [0.4, 0.5) is 5.69 Å². The van der Waals surface area contributed by atoms with E-state index in [1.165, 1.54) is 5.56 Å². The van der Waals surface area contributed by atoms with Crippen molar-refractivity contribution >= 4 is 11.6 Å². The van der Waals surface area contributed by atoms with Gasteiger partial charge in [0.1, 0.15) is 0 Å². The molecule has 0 spiro atoms. The number of hydrogen-bond acceptors (Lipinski definition) is 2. The van der Waals surface area contributed by atoms with Crippen LogP contribution in [0.15, 0.2) is 18.5 Å². The minimum atomic E-state index is 0.207. The minimum absolute atomic E-state index is 0.207. The summed E-state index contributed by atoms with van der Waals surface area (Å²) in [4.78, 5) is 17.9. The maximum atomic E-state index is 11.9. The molecule has 3 heteroatoms. The second kappa shape index (κ2) is 4.01. The molecule has 0 bridgehead atoms. The number of aromatic nitrogens is 1. The van der Waals surface area contributed by atoms with E-state index in [-0.39, 0.29) is 11.9 Å². The maximum absolute atomic E-state index is 11.9. The largest absolute Gasteiger partial charge is 0.308 e. The average Bonchev–Trinajstić information content (AvgIpc) is 2.35. The van der Waals surface area contributed by atoms with Gasteiger partial charge in [0.25, 0.3) is 0 Å². The third-order valence-electron chi connectivity index (χ3n) is 2.77. The molecule has 2 rings (SSSR count). The van der Waals surface area contributed by atoms with E-state index in [0.717, 1.165) is 18.5 Å². The van der Waals surface area contributed by atoms with Gasteiger partial charge in [-0.05, 0) is 38.3 Å². The second-order valence-corrected chi connectivity index (χ2v) is 4.22. The van der Waals surface area contributed by atoms with E-state index < -0.39 is 0 Å². The van der Waals surface area contributed by atoms with Crippen LogP contribution in [0.1, 0.15) is 32.3 Å². The minimum Gasteiger partial charge on any atom is -0.308 e. The number of rotatable bonds is 1. The predicted molar refractivity (Wildman–Crippen MR) is 59.8 cm³/mol. The molecule has 1 aliphatic rings. The highest BCUT2D eigenvalue weighted by molar-refractivity contribution is 5.95. The van der Waals surface area contributed by atoms with Crippen LogP contribution >= 0.6 is 0 Å². The fraction of sp³-hybridized carbons (Fsp3) is 0.500. The standard InChI is InChI=1S/C12H16N2O/c1-9(2)14-11-8-13-7-6-10(11)4-3-5-12(14)15/h6-9H,3-5H2,1-2H3. The molecule has 0 saturated heterocycles. The predicted octanol–water partition coefficient (Wildman–Crippen LogP) is 2.16. The number of anilines is 1. The van der Waals surface area contributed by atoms with Crippen LogP contribution in [-0.2, 0) is 11.2 Å². The summed E-state index contributed by atoms with van der Waals surface area (Å²) in [6.45, 7) is 4.08. The molecule has 1 aliphatic heterocycles. The van der Waals surface area contributed by atoms with Crippen molar-refractivity contribution in [2.45, 2.75) is 39.2 Å². The Hall–Kier alpha value is -1.38. The monoisotopic (exact) mass is 204 g/mol. The Balaban J connectivity index is 2.47. The molecule has 0 saturated carbocycles. The zero-order chi connectivity index (χ0) is 10.8. The lowest BCUT2D eigenvalue weighted by Crippen LogP contribution is -2.36. The van der Waals surface area contributed by atoms with Crippen LogP contribution in [-0.4, -0.2) is 16.9 Å². The summed E-state index contributed by atoms with van der Waals surface area (Å²) in [7, 11) is 0. The van der Waals surface area contributed by atoms with Crippen molar-refractivity contribution in [3.63, 3.8) is 0 Å². The van der Waals surface area contributed by atoms with Crippen molar-refractivity contribution in [3.05, 3.63) is 24.0 Å². The summed E-state index contributed by atoms with van der Waals surface area (Å²) in [6, 6.07) is 2.22. The molecule has 1 aromatic rings. The molecular formula is C12H16N2O. The topological polar surface area (TPSA) is 33.2 Å². The number of aryl methyl sites for hydroxylation is 1. The zero-order valence-corrected chi connectivity index (χ0v) is 9.23. The number of nitrogens with zero attached hydrogens (tertiary/aromatic N) is 2. The van der Waals surface area contributed by atoms with Gasteiger partial charge in [-0.2, -0.15) is 0 Å². The summed E-state index contributed by atoms with van der Waals surface area (Å²) >= 11 is 0. The molecule has 3 nitrogen and oxygen atoms in total. The highest BCUT2D eigenvalue weighted by atomic mass is 16.2.